The van der Waals surface area contributed by atoms with Gasteiger partial charge in [-0.2, -0.15) is 10.1 Å². The number of carbonyl (C=O) groups is 1. The highest BCUT2D eigenvalue weighted by Crippen LogP contribution is 2.18. The van der Waals surface area contributed by atoms with Crippen molar-refractivity contribution in [1.29, 1.82) is 0 Å². The number of aryl methyl sites for hydroxylation is 4. The molecular weight excluding hydrogens is 354 g/mol. The summed E-state index contributed by atoms with van der Waals surface area (Å²) >= 11 is 6.13. The van der Waals surface area contributed by atoms with E-state index in [9.17, 15) is 4.79 Å². The molecule has 0 aliphatic rings. The molecule has 0 unspecified atom stereocenters. The van der Waals surface area contributed by atoms with Crippen LogP contribution in [-0.4, -0.2) is 41.8 Å². The molecule has 3 rings (SSSR count). The number of nitrogens with zero attached hydrogens (tertiary/aromatic N) is 6. The van der Waals surface area contributed by atoms with E-state index in [1.165, 1.54) is 0 Å². The van der Waals surface area contributed by atoms with Gasteiger partial charge in [-0.1, -0.05) is 11.6 Å². The van der Waals surface area contributed by atoms with Crippen molar-refractivity contribution in [1.82, 2.24) is 34.7 Å². The smallest absolute Gasteiger partial charge is 0.252 e. The van der Waals surface area contributed by atoms with Crippen molar-refractivity contribution >= 4 is 23.3 Å². The average Bonchev–Trinajstić information content (AvgIpc) is 3.08. The van der Waals surface area contributed by atoms with Crippen LogP contribution in [-0.2, 0) is 17.8 Å². The second kappa shape index (κ2) is 7.41. The number of rotatable bonds is 6. The van der Waals surface area contributed by atoms with E-state index in [2.05, 4.69) is 25.5 Å². The fourth-order valence-electron chi connectivity index (χ4n) is 2.84. The zero-order valence-electron chi connectivity index (χ0n) is 15.4. The summed E-state index contributed by atoms with van der Waals surface area (Å²) < 4.78 is 3.52. The Labute approximate surface area is 156 Å². The lowest BCUT2D eigenvalue weighted by molar-refractivity contribution is -0.120. The van der Waals surface area contributed by atoms with E-state index in [1.54, 1.807) is 4.52 Å². The number of halogens is 1. The summed E-state index contributed by atoms with van der Waals surface area (Å²) in [5, 5.41) is 12.3. The largest absolute Gasteiger partial charge is 0.356 e. The van der Waals surface area contributed by atoms with E-state index >= 15 is 0 Å². The first-order chi connectivity index (χ1) is 12.3. The number of hydrogen-bond acceptors (Lipinski definition) is 5. The first-order valence-corrected chi connectivity index (χ1v) is 8.89. The first-order valence-electron chi connectivity index (χ1n) is 8.51. The van der Waals surface area contributed by atoms with Crippen LogP contribution in [0.25, 0.3) is 5.78 Å². The second-order valence-corrected chi connectivity index (χ2v) is 6.74. The summed E-state index contributed by atoms with van der Waals surface area (Å²) in [5.74, 6) is 0.877. The van der Waals surface area contributed by atoms with Crippen molar-refractivity contribution in [3.8, 4) is 0 Å². The van der Waals surface area contributed by atoms with Crippen LogP contribution in [0.4, 0.5) is 0 Å². The molecule has 3 heterocycles. The molecular formula is C17H22ClN7O. The van der Waals surface area contributed by atoms with Gasteiger partial charge in [0, 0.05) is 24.5 Å². The molecule has 9 heteroatoms. The lowest BCUT2D eigenvalue weighted by atomic mass is 10.3. The van der Waals surface area contributed by atoms with E-state index in [0.29, 0.717) is 29.7 Å². The van der Waals surface area contributed by atoms with Gasteiger partial charge >= 0.3 is 0 Å². The Kier molecular flexibility index (Phi) is 5.22. The number of carbonyl (C=O) groups excluding carboxylic acids is 1. The van der Waals surface area contributed by atoms with Gasteiger partial charge in [-0.3, -0.25) is 9.48 Å². The Hall–Kier alpha value is -2.48. The van der Waals surface area contributed by atoms with Gasteiger partial charge < -0.3 is 5.32 Å². The van der Waals surface area contributed by atoms with Crippen LogP contribution in [0.3, 0.4) is 0 Å². The number of amides is 1. The maximum Gasteiger partial charge on any atom is 0.252 e. The molecule has 3 aromatic rings. The maximum atomic E-state index is 12.1. The molecule has 0 saturated heterocycles. The molecule has 0 bridgehead atoms. The molecule has 26 heavy (non-hydrogen) atoms. The summed E-state index contributed by atoms with van der Waals surface area (Å²) in [6.07, 6.45) is 0.899. The molecule has 1 amide bonds. The highest BCUT2D eigenvalue weighted by Gasteiger charge is 2.12. The molecule has 0 radical (unpaired) electrons. The third kappa shape index (κ3) is 3.85. The van der Waals surface area contributed by atoms with Gasteiger partial charge in [0.15, 0.2) is 5.82 Å². The minimum atomic E-state index is -0.110. The number of nitrogens with one attached hydrogen (secondary N) is 1. The quantitative estimate of drug-likeness (QED) is 0.665. The zero-order valence-corrected chi connectivity index (χ0v) is 16.1. The standard InChI is InChI=1S/C17H22ClN7O/c1-10-8-11(2)25-17(20-10)21-14(23-25)9-15(26)19-6-5-7-24-13(4)16(18)12(3)22-24/h8H,5-7,9H2,1-4H3,(H,19,26). The summed E-state index contributed by atoms with van der Waals surface area (Å²) in [6, 6.07) is 1.93. The Morgan fingerprint density at radius 1 is 1.19 bits per heavy atom. The molecule has 0 aliphatic heterocycles. The van der Waals surface area contributed by atoms with Crippen LogP contribution in [0.2, 0.25) is 5.02 Å². The lowest BCUT2D eigenvalue weighted by Crippen LogP contribution is -2.27. The molecule has 138 valence electrons. The Bertz CT molecular complexity index is 960. The summed E-state index contributed by atoms with van der Waals surface area (Å²) in [4.78, 5) is 20.8. The summed E-state index contributed by atoms with van der Waals surface area (Å²) in [7, 11) is 0. The van der Waals surface area contributed by atoms with E-state index in [-0.39, 0.29) is 12.3 Å². The van der Waals surface area contributed by atoms with Gasteiger partial charge in [-0.05, 0) is 40.2 Å². The highest BCUT2D eigenvalue weighted by atomic mass is 35.5. The predicted octanol–water partition coefficient (Wildman–Crippen LogP) is 1.96. The topological polar surface area (TPSA) is 90.0 Å². The minimum Gasteiger partial charge on any atom is -0.356 e. The first kappa shape index (κ1) is 18.3. The summed E-state index contributed by atoms with van der Waals surface area (Å²) in [6.45, 7) is 8.92. The van der Waals surface area contributed by atoms with Crippen molar-refractivity contribution in [3.63, 3.8) is 0 Å². The van der Waals surface area contributed by atoms with Crippen LogP contribution < -0.4 is 5.32 Å². The Morgan fingerprint density at radius 2 is 1.96 bits per heavy atom. The molecule has 0 spiro atoms. The third-order valence-corrected chi connectivity index (χ3v) is 4.69. The van der Waals surface area contributed by atoms with Gasteiger partial charge in [0.25, 0.3) is 5.78 Å². The van der Waals surface area contributed by atoms with Crippen molar-refractivity contribution in [2.45, 2.75) is 47.1 Å². The van der Waals surface area contributed by atoms with Crippen LogP contribution in [0.5, 0.6) is 0 Å². The highest BCUT2D eigenvalue weighted by molar-refractivity contribution is 6.31. The van der Waals surface area contributed by atoms with Crippen molar-refractivity contribution in [2.75, 3.05) is 6.54 Å². The molecule has 1 N–H and O–H groups in total. The molecule has 0 atom stereocenters. The minimum absolute atomic E-state index is 0.110. The lowest BCUT2D eigenvalue weighted by Gasteiger charge is -2.06. The average molecular weight is 376 g/mol. The Balaban J connectivity index is 1.51. The Morgan fingerprint density at radius 3 is 2.65 bits per heavy atom. The fraction of sp³-hybridized carbons (Fsp3) is 0.471. The van der Waals surface area contributed by atoms with Crippen LogP contribution in [0.15, 0.2) is 6.07 Å². The van der Waals surface area contributed by atoms with E-state index in [1.807, 2.05) is 38.4 Å². The number of hydrogen-bond donors (Lipinski definition) is 1. The number of fused-ring (bicyclic) bond motifs is 1. The summed E-state index contributed by atoms with van der Waals surface area (Å²) in [5.41, 5.74) is 3.59. The second-order valence-electron chi connectivity index (χ2n) is 6.37. The predicted molar refractivity (Wildman–Crippen MR) is 98.3 cm³/mol. The van der Waals surface area contributed by atoms with Gasteiger partial charge in [0.05, 0.1) is 22.8 Å². The molecule has 0 aliphatic carbocycles. The molecule has 8 nitrogen and oxygen atoms in total. The van der Waals surface area contributed by atoms with Crippen LogP contribution in [0, 0.1) is 27.7 Å². The van der Waals surface area contributed by atoms with Gasteiger partial charge in [-0.15, -0.1) is 5.10 Å². The maximum absolute atomic E-state index is 12.1. The van der Waals surface area contributed by atoms with Crippen LogP contribution in [0.1, 0.15) is 35.0 Å². The van der Waals surface area contributed by atoms with E-state index < -0.39 is 0 Å². The van der Waals surface area contributed by atoms with E-state index in [4.69, 9.17) is 11.6 Å². The molecule has 0 saturated carbocycles. The SMILES string of the molecule is Cc1cc(C)n2nc(CC(=O)NCCCn3nc(C)c(Cl)c3C)nc2n1. The van der Waals surface area contributed by atoms with Gasteiger partial charge in [0.1, 0.15) is 0 Å². The van der Waals surface area contributed by atoms with Crippen molar-refractivity contribution in [3.05, 3.63) is 39.7 Å². The van der Waals surface area contributed by atoms with Crippen LogP contribution >= 0.6 is 11.6 Å². The normalized spacial score (nSPS) is 11.3. The van der Waals surface area contributed by atoms with E-state index in [0.717, 1.165) is 29.2 Å². The molecule has 0 aromatic carbocycles. The molecule has 0 fully saturated rings. The zero-order chi connectivity index (χ0) is 18.8. The number of aromatic nitrogens is 6. The third-order valence-electron chi connectivity index (χ3n) is 4.14. The fourth-order valence-corrected chi connectivity index (χ4v) is 2.97. The van der Waals surface area contributed by atoms with Crippen molar-refractivity contribution in [2.24, 2.45) is 0 Å². The molecule has 3 aromatic heterocycles. The van der Waals surface area contributed by atoms with Crippen molar-refractivity contribution < 1.29 is 4.79 Å². The van der Waals surface area contributed by atoms with Gasteiger partial charge in [-0.25, -0.2) is 9.50 Å². The van der Waals surface area contributed by atoms with Gasteiger partial charge in [0.2, 0.25) is 5.91 Å². The monoisotopic (exact) mass is 375 g/mol.